The van der Waals surface area contributed by atoms with Gasteiger partial charge in [0.05, 0.1) is 0 Å². The molecule has 1 aliphatic rings. The lowest BCUT2D eigenvalue weighted by Gasteiger charge is -2.12. The molecule has 0 unspecified atom stereocenters. The molecule has 98 valence electrons. The van der Waals surface area contributed by atoms with E-state index in [1.807, 2.05) is 0 Å². The Kier molecular flexibility index (Phi) is 3.90. The fourth-order valence-corrected chi connectivity index (χ4v) is 2.26. The lowest BCUT2D eigenvalue weighted by atomic mass is 10.1. The predicted molar refractivity (Wildman–Crippen MR) is 68.3 cm³/mol. The van der Waals surface area contributed by atoms with Gasteiger partial charge in [0.15, 0.2) is 0 Å². The smallest absolute Gasteiger partial charge is 0.220 e. The van der Waals surface area contributed by atoms with Gasteiger partial charge >= 0.3 is 0 Å². The summed E-state index contributed by atoms with van der Waals surface area (Å²) in [5, 5.41) is 2.65. The number of thiol groups is 1. The molecule has 0 heterocycles. The van der Waals surface area contributed by atoms with Crippen molar-refractivity contribution >= 4 is 18.5 Å². The highest BCUT2D eigenvalue weighted by atomic mass is 32.1. The Balaban J connectivity index is 1.85. The van der Waals surface area contributed by atoms with Crippen LogP contribution in [0.25, 0.3) is 0 Å². The van der Waals surface area contributed by atoms with Crippen LogP contribution in [0.5, 0.6) is 0 Å². The number of carbonyl (C=O) groups is 1. The maximum Gasteiger partial charge on any atom is 0.220 e. The monoisotopic (exact) mass is 271 g/mol. The van der Waals surface area contributed by atoms with Gasteiger partial charge in [0.1, 0.15) is 11.6 Å². The molecule has 0 spiro atoms. The predicted octanol–water partition coefficient (Wildman–Crippen LogP) is 2.68. The first-order valence-electron chi connectivity index (χ1n) is 5.86. The summed E-state index contributed by atoms with van der Waals surface area (Å²) in [6, 6.07) is 3.34. The maximum absolute atomic E-state index is 13.3. The molecular weight excluding hydrogens is 256 g/mol. The maximum atomic E-state index is 13.3. The van der Waals surface area contributed by atoms with Crippen molar-refractivity contribution in [3.8, 4) is 0 Å². The van der Waals surface area contributed by atoms with Gasteiger partial charge in [0, 0.05) is 24.6 Å². The van der Waals surface area contributed by atoms with Crippen LogP contribution in [0.1, 0.15) is 24.8 Å². The largest absolute Gasteiger partial charge is 0.352 e. The lowest BCUT2D eigenvalue weighted by molar-refractivity contribution is -0.122. The van der Waals surface area contributed by atoms with Crippen LogP contribution in [0.4, 0.5) is 8.78 Å². The molecule has 0 saturated heterocycles. The van der Waals surface area contributed by atoms with Gasteiger partial charge in [-0.25, -0.2) is 8.78 Å². The quantitative estimate of drug-likeness (QED) is 0.792. The first-order chi connectivity index (χ1) is 8.54. The van der Waals surface area contributed by atoms with E-state index >= 15 is 0 Å². The Labute approximate surface area is 110 Å². The minimum absolute atomic E-state index is 0.0501. The Morgan fingerprint density at radius 3 is 2.67 bits per heavy atom. The minimum Gasteiger partial charge on any atom is -0.352 e. The van der Waals surface area contributed by atoms with Crippen molar-refractivity contribution in [3.63, 3.8) is 0 Å². The summed E-state index contributed by atoms with van der Waals surface area (Å²) in [4.78, 5) is 11.7. The van der Waals surface area contributed by atoms with Crippen molar-refractivity contribution in [2.45, 2.75) is 25.8 Å². The summed E-state index contributed by atoms with van der Waals surface area (Å²) < 4.78 is 26.0. The molecule has 5 heteroatoms. The molecule has 0 atom stereocenters. The van der Waals surface area contributed by atoms with Crippen LogP contribution in [-0.2, 0) is 11.3 Å². The van der Waals surface area contributed by atoms with E-state index in [1.165, 1.54) is 12.1 Å². The van der Waals surface area contributed by atoms with Crippen molar-refractivity contribution < 1.29 is 13.6 Å². The highest BCUT2D eigenvalue weighted by Gasteiger charge is 2.42. The van der Waals surface area contributed by atoms with Gasteiger partial charge in [0.25, 0.3) is 0 Å². The lowest BCUT2D eigenvalue weighted by Crippen LogP contribution is -2.26. The summed E-state index contributed by atoms with van der Waals surface area (Å²) in [5.41, 5.74) is 0.342. The highest BCUT2D eigenvalue weighted by Crippen LogP contribution is 2.49. The third kappa shape index (κ3) is 3.22. The zero-order valence-corrected chi connectivity index (χ0v) is 10.8. The van der Waals surface area contributed by atoms with Crippen LogP contribution >= 0.6 is 12.6 Å². The summed E-state index contributed by atoms with van der Waals surface area (Å²) >= 11 is 4.22. The standard InChI is InChI=1S/C13H15F2NOS/c14-10-2-1-9(11(15)5-10)7-16-12(17)6-13(8-18)3-4-13/h1-2,5,18H,3-4,6-8H2,(H,16,17). The van der Waals surface area contributed by atoms with Crippen LogP contribution < -0.4 is 5.32 Å². The van der Waals surface area contributed by atoms with E-state index in [-0.39, 0.29) is 17.9 Å². The van der Waals surface area contributed by atoms with Crippen molar-refractivity contribution in [1.29, 1.82) is 0 Å². The molecule has 1 aliphatic carbocycles. The van der Waals surface area contributed by atoms with E-state index < -0.39 is 11.6 Å². The number of hydrogen-bond donors (Lipinski definition) is 2. The Morgan fingerprint density at radius 2 is 2.11 bits per heavy atom. The number of halogens is 2. The van der Waals surface area contributed by atoms with Gasteiger partial charge < -0.3 is 5.32 Å². The first-order valence-corrected chi connectivity index (χ1v) is 6.49. The molecular formula is C13H15F2NOS. The van der Waals surface area contributed by atoms with Crippen molar-refractivity contribution in [2.24, 2.45) is 5.41 Å². The molecule has 0 bridgehead atoms. The number of benzene rings is 1. The summed E-state index contributed by atoms with van der Waals surface area (Å²) in [7, 11) is 0. The second-order valence-corrected chi connectivity index (χ2v) is 5.16. The SMILES string of the molecule is O=C(CC1(CS)CC1)NCc1ccc(F)cc1F. The first kappa shape index (κ1) is 13.3. The van der Waals surface area contributed by atoms with Gasteiger partial charge in [-0.15, -0.1) is 0 Å². The van der Waals surface area contributed by atoms with Gasteiger partial charge in [-0.3, -0.25) is 4.79 Å². The average Bonchev–Trinajstić information content (AvgIpc) is 3.08. The molecule has 1 N–H and O–H groups in total. The molecule has 0 radical (unpaired) electrons. The molecule has 1 aromatic carbocycles. The number of rotatable bonds is 5. The number of carbonyl (C=O) groups excluding carboxylic acids is 1. The molecule has 1 amide bonds. The fraction of sp³-hybridized carbons (Fsp3) is 0.462. The van der Waals surface area contributed by atoms with Gasteiger partial charge in [-0.2, -0.15) is 12.6 Å². The molecule has 1 saturated carbocycles. The van der Waals surface area contributed by atoms with E-state index in [1.54, 1.807) is 0 Å². The molecule has 2 nitrogen and oxygen atoms in total. The molecule has 1 aromatic rings. The number of hydrogen-bond acceptors (Lipinski definition) is 2. The van der Waals surface area contributed by atoms with Gasteiger partial charge in [-0.05, 0) is 30.1 Å². The van der Waals surface area contributed by atoms with E-state index in [4.69, 9.17) is 0 Å². The third-order valence-corrected chi connectivity index (χ3v) is 3.99. The zero-order valence-electron chi connectivity index (χ0n) is 9.88. The minimum atomic E-state index is -0.634. The van der Waals surface area contributed by atoms with Crippen LogP contribution in [0.15, 0.2) is 18.2 Å². The second kappa shape index (κ2) is 5.26. The van der Waals surface area contributed by atoms with E-state index in [9.17, 15) is 13.6 Å². The molecule has 0 aliphatic heterocycles. The Morgan fingerprint density at radius 1 is 1.39 bits per heavy atom. The van der Waals surface area contributed by atoms with Gasteiger partial charge in [-0.1, -0.05) is 6.07 Å². The van der Waals surface area contributed by atoms with Gasteiger partial charge in [0.2, 0.25) is 5.91 Å². The van der Waals surface area contributed by atoms with Crippen LogP contribution in [0.3, 0.4) is 0 Å². The van der Waals surface area contributed by atoms with E-state index in [0.717, 1.165) is 18.9 Å². The summed E-state index contributed by atoms with van der Waals surface area (Å²) in [6.07, 6.45) is 2.48. The van der Waals surface area contributed by atoms with Crippen molar-refractivity contribution in [1.82, 2.24) is 5.32 Å². The average molecular weight is 271 g/mol. The van der Waals surface area contributed by atoms with Crippen LogP contribution in [0.2, 0.25) is 0 Å². The Hall–Kier alpha value is -1.10. The molecule has 2 rings (SSSR count). The number of nitrogens with one attached hydrogen (secondary N) is 1. The van der Waals surface area contributed by atoms with E-state index in [0.29, 0.717) is 17.7 Å². The van der Waals surface area contributed by atoms with Crippen LogP contribution in [0, 0.1) is 17.0 Å². The van der Waals surface area contributed by atoms with E-state index in [2.05, 4.69) is 17.9 Å². The van der Waals surface area contributed by atoms with Crippen molar-refractivity contribution in [2.75, 3.05) is 5.75 Å². The Bertz CT molecular complexity index is 460. The topological polar surface area (TPSA) is 29.1 Å². The highest BCUT2D eigenvalue weighted by molar-refractivity contribution is 7.80. The molecule has 0 aromatic heterocycles. The zero-order chi connectivity index (χ0) is 13.2. The summed E-state index contributed by atoms with van der Waals surface area (Å²) in [6.45, 7) is 0.0909. The van der Waals surface area contributed by atoms with Crippen LogP contribution in [-0.4, -0.2) is 11.7 Å². The van der Waals surface area contributed by atoms with Crippen molar-refractivity contribution in [3.05, 3.63) is 35.4 Å². The third-order valence-electron chi connectivity index (χ3n) is 3.32. The second-order valence-electron chi connectivity index (χ2n) is 4.85. The summed E-state index contributed by atoms with van der Waals surface area (Å²) in [5.74, 6) is -0.656. The molecule has 1 fully saturated rings. The normalized spacial score (nSPS) is 16.4. The number of amides is 1. The molecule has 18 heavy (non-hydrogen) atoms. The fourth-order valence-electron chi connectivity index (χ4n) is 1.83.